The lowest BCUT2D eigenvalue weighted by Gasteiger charge is -2.34. The van der Waals surface area contributed by atoms with Crippen molar-refractivity contribution in [3.8, 4) is 0 Å². The number of hydrogen-bond donors (Lipinski definition) is 2. The van der Waals surface area contributed by atoms with Gasteiger partial charge < -0.3 is 15.5 Å². The third kappa shape index (κ3) is 5.22. The second-order valence-corrected chi connectivity index (χ2v) is 10.8. The minimum Gasteiger partial charge on any atom is -0.382 e. The number of pyridine rings is 1. The Labute approximate surface area is 206 Å². The number of rotatable bonds is 3. The highest BCUT2D eigenvalue weighted by molar-refractivity contribution is 7.11. The third-order valence-corrected chi connectivity index (χ3v) is 7.74. The van der Waals surface area contributed by atoms with Crippen LogP contribution in [0.5, 0.6) is 0 Å². The summed E-state index contributed by atoms with van der Waals surface area (Å²) in [7, 11) is 0. The third-order valence-electron chi connectivity index (χ3n) is 6.74. The lowest BCUT2D eigenvalue weighted by Crippen LogP contribution is -2.49. The molecule has 2 N–H and O–H groups in total. The average Bonchev–Trinajstić information content (AvgIpc) is 3.18. The number of halogens is 3. The van der Waals surface area contributed by atoms with Gasteiger partial charge in [0.25, 0.3) is 0 Å². The SMILES string of the molecule is Cc1ccc2nc(C(F)(F)F)cc(N[C@H]3CCC[C@@H](NC(=O)N4CCc5nc(C)sc5C4)C3)c2c1. The maximum absolute atomic E-state index is 13.5. The van der Waals surface area contributed by atoms with Gasteiger partial charge >= 0.3 is 12.2 Å². The Morgan fingerprint density at radius 2 is 1.94 bits per heavy atom. The van der Waals surface area contributed by atoms with Gasteiger partial charge in [-0.25, -0.2) is 14.8 Å². The lowest BCUT2D eigenvalue weighted by molar-refractivity contribution is -0.140. The molecule has 0 radical (unpaired) electrons. The second kappa shape index (κ2) is 9.29. The Balaban J connectivity index is 1.28. The molecule has 0 bridgehead atoms. The van der Waals surface area contributed by atoms with Crippen LogP contribution >= 0.6 is 11.3 Å². The van der Waals surface area contributed by atoms with Crippen LogP contribution in [0, 0.1) is 13.8 Å². The second-order valence-electron chi connectivity index (χ2n) is 9.50. The van der Waals surface area contributed by atoms with Crippen molar-refractivity contribution < 1.29 is 18.0 Å². The quantitative estimate of drug-likeness (QED) is 0.473. The number of carbonyl (C=O) groups excluding carboxylic acids is 1. The molecule has 3 aromatic rings. The first-order valence-electron chi connectivity index (χ1n) is 11.9. The standard InChI is InChI=1S/C25H28F3N5OS/c1-14-6-7-19-18(10-14)21(12-23(32-19)25(26,27)28)30-16-4-3-5-17(11-16)31-24(34)33-9-8-20-22(13-33)35-15(2)29-20/h6-7,10,12,16-17H,3-5,8-9,11,13H2,1-2H3,(H,30,32)(H,31,34)/t16-,17+/m0/s1. The van der Waals surface area contributed by atoms with Crippen LogP contribution < -0.4 is 10.6 Å². The summed E-state index contributed by atoms with van der Waals surface area (Å²) in [6, 6.07) is 6.20. The first kappa shape index (κ1) is 23.8. The summed E-state index contributed by atoms with van der Waals surface area (Å²) in [5, 5.41) is 8.21. The molecule has 1 aromatic carbocycles. The maximum atomic E-state index is 13.5. The molecule has 1 aliphatic carbocycles. The van der Waals surface area contributed by atoms with Gasteiger partial charge in [0.15, 0.2) is 0 Å². The normalized spacial score (nSPS) is 20.5. The topological polar surface area (TPSA) is 70.2 Å². The van der Waals surface area contributed by atoms with Crippen molar-refractivity contribution in [2.75, 3.05) is 11.9 Å². The van der Waals surface area contributed by atoms with Gasteiger partial charge in [0.05, 0.1) is 22.8 Å². The number of aromatic nitrogens is 2. The van der Waals surface area contributed by atoms with Crippen molar-refractivity contribution in [3.63, 3.8) is 0 Å². The Bertz CT molecular complexity index is 1260. The molecule has 2 aromatic heterocycles. The largest absolute Gasteiger partial charge is 0.433 e. The molecule has 0 saturated heterocycles. The minimum atomic E-state index is -4.52. The molecule has 2 amide bonds. The first-order valence-corrected chi connectivity index (χ1v) is 12.7. The Morgan fingerprint density at radius 3 is 2.74 bits per heavy atom. The predicted octanol–water partition coefficient (Wildman–Crippen LogP) is 5.82. The predicted molar refractivity (Wildman–Crippen MR) is 131 cm³/mol. The summed E-state index contributed by atoms with van der Waals surface area (Å²) in [6.07, 6.45) is -0.540. The fraction of sp³-hybridized carbons (Fsp3) is 0.480. The van der Waals surface area contributed by atoms with E-state index in [0.29, 0.717) is 36.1 Å². The smallest absolute Gasteiger partial charge is 0.382 e. The number of anilines is 1. The van der Waals surface area contributed by atoms with Crippen molar-refractivity contribution >= 4 is 34.0 Å². The highest BCUT2D eigenvalue weighted by Gasteiger charge is 2.34. The molecule has 0 unspecified atom stereocenters. The molecule has 5 rings (SSSR count). The molecule has 2 aliphatic rings. The van der Waals surface area contributed by atoms with Crippen molar-refractivity contribution in [1.82, 2.24) is 20.2 Å². The molecular weight excluding hydrogens is 475 g/mol. The molecule has 35 heavy (non-hydrogen) atoms. The average molecular weight is 504 g/mol. The summed E-state index contributed by atoms with van der Waals surface area (Å²) in [5.74, 6) is 0. The number of aryl methyl sites for hydroxylation is 2. The number of amides is 2. The van der Waals surface area contributed by atoms with E-state index >= 15 is 0 Å². The van der Waals surface area contributed by atoms with Gasteiger partial charge in [0.2, 0.25) is 0 Å². The summed E-state index contributed by atoms with van der Waals surface area (Å²) < 4.78 is 40.5. The molecule has 10 heteroatoms. The zero-order valence-corrected chi connectivity index (χ0v) is 20.5. The monoisotopic (exact) mass is 503 g/mol. The van der Waals surface area contributed by atoms with E-state index in [4.69, 9.17) is 0 Å². The van der Waals surface area contributed by atoms with E-state index in [1.165, 1.54) is 0 Å². The molecule has 1 saturated carbocycles. The summed E-state index contributed by atoms with van der Waals surface area (Å²) in [5.41, 5.74) is 1.90. The van der Waals surface area contributed by atoms with Crippen LogP contribution in [0.1, 0.15) is 52.5 Å². The molecular formula is C25H28F3N5OS. The number of carbonyl (C=O) groups is 1. The Morgan fingerprint density at radius 1 is 1.14 bits per heavy atom. The van der Waals surface area contributed by atoms with Gasteiger partial charge in [-0.1, -0.05) is 11.6 Å². The molecule has 1 fully saturated rings. The van der Waals surface area contributed by atoms with E-state index in [-0.39, 0.29) is 18.1 Å². The van der Waals surface area contributed by atoms with E-state index in [1.54, 1.807) is 23.5 Å². The molecule has 186 valence electrons. The van der Waals surface area contributed by atoms with E-state index in [1.807, 2.05) is 24.8 Å². The number of benzene rings is 1. The number of hydrogen-bond acceptors (Lipinski definition) is 5. The molecule has 2 atom stereocenters. The van der Waals surface area contributed by atoms with E-state index < -0.39 is 11.9 Å². The van der Waals surface area contributed by atoms with Gasteiger partial charge in [-0.05, 0) is 57.7 Å². The number of thiazole rings is 1. The van der Waals surface area contributed by atoms with E-state index in [9.17, 15) is 18.0 Å². The number of fused-ring (bicyclic) bond motifs is 2. The minimum absolute atomic E-state index is 0.0322. The highest BCUT2D eigenvalue weighted by Crippen LogP contribution is 2.35. The molecule has 0 spiro atoms. The summed E-state index contributed by atoms with van der Waals surface area (Å²) in [4.78, 5) is 24.3. The van der Waals surface area contributed by atoms with Gasteiger partial charge in [0, 0.05) is 41.0 Å². The van der Waals surface area contributed by atoms with Gasteiger partial charge in [-0.2, -0.15) is 13.2 Å². The number of nitrogens with zero attached hydrogens (tertiary/aromatic N) is 3. The van der Waals surface area contributed by atoms with E-state index in [2.05, 4.69) is 20.6 Å². The van der Waals surface area contributed by atoms with Crippen LogP contribution in [0.25, 0.3) is 10.9 Å². The van der Waals surface area contributed by atoms with Gasteiger partial charge in [0.1, 0.15) is 5.69 Å². The number of urea groups is 1. The Kier molecular flexibility index (Phi) is 6.33. The highest BCUT2D eigenvalue weighted by atomic mass is 32.1. The molecule has 6 nitrogen and oxygen atoms in total. The maximum Gasteiger partial charge on any atom is 0.433 e. The van der Waals surface area contributed by atoms with Crippen LogP contribution in [0.15, 0.2) is 24.3 Å². The van der Waals surface area contributed by atoms with Crippen molar-refractivity contribution in [2.45, 2.75) is 70.8 Å². The fourth-order valence-electron chi connectivity index (χ4n) is 5.04. The van der Waals surface area contributed by atoms with Crippen LogP contribution in [0.4, 0.5) is 23.7 Å². The van der Waals surface area contributed by atoms with Crippen LogP contribution in [-0.2, 0) is 19.1 Å². The molecule has 1 aliphatic heterocycles. The first-order chi connectivity index (χ1) is 16.7. The fourth-order valence-corrected chi connectivity index (χ4v) is 6.04. The number of alkyl halides is 3. The van der Waals surface area contributed by atoms with E-state index in [0.717, 1.165) is 52.9 Å². The van der Waals surface area contributed by atoms with Gasteiger partial charge in [-0.3, -0.25) is 0 Å². The van der Waals surface area contributed by atoms with Crippen molar-refractivity contribution in [2.24, 2.45) is 0 Å². The zero-order valence-electron chi connectivity index (χ0n) is 19.7. The van der Waals surface area contributed by atoms with Crippen molar-refractivity contribution in [3.05, 3.63) is 51.1 Å². The van der Waals surface area contributed by atoms with Crippen molar-refractivity contribution in [1.29, 1.82) is 0 Å². The summed E-state index contributed by atoms with van der Waals surface area (Å²) >= 11 is 1.64. The van der Waals surface area contributed by atoms with Gasteiger partial charge in [-0.15, -0.1) is 11.3 Å². The molecule has 3 heterocycles. The lowest BCUT2D eigenvalue weighted by atomic mass is 9.90. The van der Waals surface area contributed by atoms with Crippen LogP contribution in [0.2, 0.25) is 0 Å². The zero-order chi connectivity index (χ0) is 24.7. The summed E-state index contributed by atoms with van der Waals surface area (Å²) in [6.45, 7) is 5.10. The van der Waals surface area contributed by atoms with Crippen LogP contribution in [0.3, 0.4) is 0 Å². The Hall–Kier alpha value is -2.88. The van der Waals surface area contributed by atoms with Crippen LogP contribution in [-0.4, -0.2) is 39.5 Å². The number of nitrogens with one attached hydrogen (secondary N) is 2.